The van der Waals surface area contributed by atoms with Crippen LogP contribution in [-0.2, 0) is 11.2 Å². The predicted octanol–water partition coefficient (Wildman–Crippen LogP) is 4.40. The molecule has 0 bridgehead atoms. The van der Waals surface area contributed by atoms with Gasteiger partial charge in [-0.15, -0.1) is 0 Å². The van der Waals surface area contributed by atoms with E-state index >= 15 is 0 Å². The number of aryl methyl sites for hydroxylation is 2. The number of hydrogen-bond donors (Lipinski definition) is 3. The van der Waals surface area contributed by atoms with Gasteiger partial charge in [0.2, 0.25) is 5.91 Å². The number of hydrogen-bond acceptors (Lipinski definition) is 3. The maximum atomic E-state index is 12.3. The first-order valence-corrected chi connectivity index (χ1v) is 9.12. The third kappa shape index (κ3) is 5.20. The summed E-state index contributed by atoms with van der Waals surface area (Å²) in [5.74, 6) is -0.249. The number of nitrogens with two attached hydrogens (primary N) is 1. The number of anilines is 3. The molecule has 5 heteroatoms. The SMILES string of the molecule is Cc1cccc(C(=O)Nc2ccc(NC(=O)CCc3ccccc3N)cc2)c1. The molecule has 0 unspecified atom stereocenters. The molecule has 0 heterocycles. The van der Waals surface area contributed by atoms with Crippen LogP contribution >= 0.6 is 0 Å². The van der Waals surface area contributed by atoms with Gasteiger partial charge in [0.1, 0.15) is 0 Å². The summed E-state index contributed by atoms with van der Waals surface area (Å²) in [6, 6.07) is 22.0. The van der Waals surface area contributed by atoms with Gasteiger partial charge in [-0.3, -0.25) is 9.59 Å². The summed E-state index contributed by atoms with van der Waals surface area (Å²) in [6.45, 7) is 1.94. The molecule has 0 aliphatic rings. The summed E-state index contributed by atoms with van der Waals surface area (Å²) in [6.07, 6.45) is 0.934. The summed E-state index contributed by atoms with van der Waals surface area (Å²) in [5, 5.41) is 5.71. The molecule has 0 fully saturated rings. The highest BCUT2D eigenvalue weighted by Gasteiger charge is 2.08. The Hall–Kier alpha value is -3.60. The fourth-order valence-electron chi connectivity index (χ4n) is 2.86. The monoisotopic (exact) mass is 373 g/mol. The second-order valence-corrected chi connectivity index (χ2v) is 6.65. The van der Waals surface area contributed by atoms with Crippen molar-refractivity contribution in [2.75, 3.05) is 16.4 Å². The van der Waals surface area contributed by atoms with Crippen molar-refractivity contribution in [2.45, 2.75) is 19.8 Å². The summed E-state index contributed by atoms with van der Waals surface area (Å²) < 4.78 is 0. The number of benzene rings is 3. The number of rotatable bonds is 6. The highest BCUT2D eigenvalue weighted by atomic mass is 16.2. The molecule has 5 nitrogen and oxygen atoms in total. The van der Waals surface area contributed by atoms with E-state index in [0.29, 0.717) is 35.5 Å². The highest BCUT2D eigenvalue weighted by Crippen LogP contribution is 2.17. The van der Waals surface area contributed by atoms with Gasteiger partial charge >= 0.3 is 0 Å². The molecule has 0 radical (unpaired) electrons. The number of para-hydroxylation sites is 1. The van der Waals surface area contributed by atoms with Crippen molar-refractivity contribution in [3.05, 3.63) is 89.5 Å². The molecule has 0 atom stereocenters. The van der Waals surface area contributed by atoms with Crippen LogP contribution in [0.1, 0.15) is 27.9 Å². The largest absolute Gasteiger partial charge is 0.399 e. The molecule has 28 heavy (non-hydrogen) atoms. The molecule has 0 aromatic heterocycles. The van der Waals surface area contributed by atoms with Gasteiger partial charge in [0.15, 0.2) is 0 Å². The van der Waals surface area contributed by atoms with Crippen LogP contribution in [0.25, 0.3) is 0 Å². The van der Waals surface area contributed by atoms with E-state index in [-0.39, 0.29) is 11.8 Å². The van der Waals surface area contributed by atoms with Crippen LogP contribution in [0.3, 0.4) is 0 Å². The minimum absolute atomic E-state index is 0.0835. The van der Waals surface area contributed by atoms with E-state index in [1.54, 1.807) is 30.3 Å². The van der Waals surface area contributed by atoms with E-state index in [1.165, 1.54) is 0 Å². The van der Waals surface area contributed by atoms with E-state index in [9.17, 15) is 9.59 Å². The zero-order chi connectivity index (χ0) is 19.9. The van der Waals surface area contributed by atoms with Crippen molar-refractivity contribution in [2.24, 2.45) is 0 Å². The highest BCUT2D eigenvalue weighted by molar-refractivity contribution is 6.04. The van der Waals surface area contributed by atoms with Gasteiger partial charge < -0.3 is 16.4 Å². The van der Waals surface area contributed by atoms with Crippen LogP contribution in [0.15, 0.2) is 72.8 Å². The topological polar surface area (TPSA) is 84.2 Å². The summed E-state index contributed by atoms with van der Waals surface area (Å²) in [7, 11) is 0. The third-order valence-electron chi connectivity index (χ3n) is 4.38. The minimum Gasteiger partial charge on any atom is -0.399 e. The molecule has 0 aliphatic heterocycles. The Morgan fingerprint density at radius 3 is 2.21 bits per heavy atom. The quantitative estimate of drug-likeness (QED) is 0.560. The fourth-order valence-corrected chi connectivity index (χ4v) is 2.86. The zero-order valence-electron chi connectivity index (χ0n) is 15.7. The Morgan fingerprint density at radius 2 is 1.54 bits per heavy atom. The average molecular weight is 373 g/mol. The lowest BCUT2D eigenvalue weighted by molar-refractivity contribution is -0.116. The first kappa shape index (κ1) is 19.2. The fraction of sp³-hybridized carbons (Fsp3) is 0.130. The number of carbonyl (C=O) groups excluding carboxylic acids is 2. The van der Waals surface area contributed by atoms with E-state index < -0.39 is 0 Å². The molecule has 0 aliphatic carbocycles. The van der Waals surface area contributed by atoms with Gasteiger partial charge in [0.05, 0.1) is 0 Å². The molecule has 3 aromatic carbocycles. The molecule has 142 valence electrons. The average Bonchev–Trinajstić information content (AvgIpc) is 2.69. The van der Waals surface area contributed by atoms with Crippen LogP contribution in [0, 0.1) is 6.92 Å². The molecular formula is C23H23N3O2. The lowest BCUT2D eigenvalue weighted by Gasteiger charge is -2.09. The first-order chi connectivity index (χ1) is 13.5. The Balaban J connectivity index is 1.53. The second-order valence-electron chi connectivity index (χ2n) is 6.65. The second kappa shape index (κ2) is 8.86. The van der Waals surface area contributed by atoms with Crippen LogP contribution in [0.4, 0.5) is 17.1 Å². The normalized spacial score (nSPS) is 10.3. The molecule has 3 rings (SSSR count). The molecule has 0 saturated carbocycles. The molecule has 3 aromatic rings. The number of nitrogen functional groups attached to an aromatic ring is 1. The molecular weight excluding hydrogens is 350 g/mol. The standard InChI is InChI=1S/C23H23N3O2/c1-16-5-4-7-18(15-16)23(28)26-20-12-10-19(11-13-20)25-22(27)14-9-17-6-2-3-8-21(17)24/h2-8,10-13,15H,9,14,24H2,1H3,(H,25,27)(H,26,28). The number of amides is 2. The van der Waals surface area contributed by atoms with Crippen LogP contribution in [0.5, 0.6) is 0 Å². The van der Waals surface area contributed by atoms with Gasteiger partial charge in [-0.2, -0.15) is 0 Å². The Kier molecular flexibility index (Phi) is 6.07. The summed E-state index contributed by atoms with van der Waals surface area (Å²) in [5.41, 5.74) is 10.6. The van der Waals surface area contributed by atoms with Gasteiger partial charge in [-0.25, -0.2) is 0 Å². The van der Waals surface area contributed by atoms with Crippen molar-refractivity contribution in [1.29, 1.82) is 0 Å². The van der Waals surface area contributed by atoms with Crippen LogP contribution in [-0.4, -0.2) is 11.8 Å². The van der Waals surface area contributed by atoms with E-state index in [1.807, 2.05) is 49.4 Å². The van der Waals surface area contributed by atoms with Crippen molar-refractivity contribution in [1.82, 2.24) is 0 Å². The molecule has 0 spiro atoms. The van der Waals surface area contributed by atoms with E-state index in [4.69, 9.17) is 5.73 Å². The van der Waals surface area contributed by atoms with Crippen molar-refractivity contribution < 1.29 is 9.59 Å². The number of nitrogens with one attached hydrogen (secondary N) is 2. The maximum Gasteiger partial charge on any atom is 0.255 e. The maximum absolute atomic E-state index is 12.3. The van der Waals surface area contributed by atoms with E-state index in [0.717, 1.165) is 11.1 Å². The molecule has 0 saturated heterocycles. The van der Waals surface area contributed by atoms with Crippen LogP contribution < -0.4 is 16.4 Å². The third-order valence-corrected chi connectivity index (χ3v) is 4.38. The Labute approximate surface area is 164 Å². The lowest BCUT2D eigenvalue weighted by Crippen LogP contribution is -2.13. The van der Waals surface area contributed by atoms with Crippen molar-refractivity contribution in [3.63, 3.8) is 0 Å². The summed E-state index contributed by atoms with van der Waals surface area (Å²) in [4.78, 5) is 24.4. The first-order valence-electron chi connectivity index (χ1n) is 9.12. The van der Waals surface area contributed by atoms with Crippen molar-refractivity contribution in [3.8, 4) is 0 Å². The predicted molar refractivity (Wildman–Crippen MR) is 113 cm³/mol. The van der Waals surface area contributed by atoms with E-state index in [2.05, 4.69) is 10.6 Å². The van der Waals surface area contributed by atoms with Gasteiger partial charge in [-0.05, 0) is 61.4 Å². The molecule has 4 N–H and O–H groups in total. The summed E-state index contributed by atoms with van der Waals surface area (Å²) >= 11 is 0. The zero-order valence-corrected chi connectivity index (χ0v) is 15.7. The lowest BCUT2D eigenvalue weighted by atomic mass is 10.1. The minimum atomic E-state index is -0.166. The van der Waals surface area contributed by atoms with Gasteiger partial charge in [-0.1, -0.05) is 35.9 Å². The Morgan fingerprint density at radius 1 is 0.857 bits per heavy atom. The smallest absolute Gasteiger partial charge is 0.255 e. The van der Waals surface area contributed by atoms with Crippen LogP contribution in [0.2, 0.25) is 0 Å². The number of carbonyl (C=O) groups is 2. The molecule has 2 amide bonds. The van der Waals surface area contributed by atoms with Crippen molar-refractivity contribution >= 4 is 28.9 Å². The van der Waals surface area contributed by atoms with Gasteiger partial charge in [0.25, 0.3) is 5.91 Å². The Bertz CT molecular complexity index is 981. The van der Waals surface area contributed by atoms with Gasteiger partial charge in [0, 0.05) is 29.0 Å².